The molecule has 10 heteroatoms. The first-order chi connectivity index (χ1) is 19.1. The van der Waals surface area contributed by atoms with Gasteiger partial charge in [0.2, 0.25) is 11.8 Å². The third-order valence-corrected chi connectivity index (χ3v) is 6.97. The van der Waals surface area contributed by atoms with Gasteiger partial charge in [-0.15, -0.1) is 0 Å². The molecule has 0 amide bonds. The lowest BCUT2D eigenvalue weighted by atomic mass is 10.1. The Labute approximate surface area is 225 Å². The third-order valence-electron chi connectivity index (χ3n) is 6.97. The number of nitrogens with zero attached hydrogens (tertiary/aromatic N) is 7. The van der Waals surface area contributed by atoms with Gasteiger partial charge in [0, 0.05) is 55.5 Å². The minimum atomic E-state index is -0.166. The highest BCUT2D eigenvalue weighted by Crippen LogP contribution is 2.25. The fourth-order valence-electron chi connectivity index (χ4n) is 4.91. The van der Waals surface area contributed by atoms with E-state index in [0.29, 0.717) is 35.2 Å². The zero-order valence-corrected chi connectivity index (χ0v) is 22.0. The first-order valence-corrected chi connectivity index (χ1v) is 13.2. The van der Waals surface area contributed by atoms with E-state index in [0.717, 1.165) is 42.7 Å². The van der Waals surface area contributed by atoms with Crippen molar-refractivity contribution in [2.45, 2.75) is 32.4 Å². The summed E-state index contributed by atoms with van der Waals surface area (Å²) >= 11 is 0. The zero-order valence-electron chi connectivity index (χ0n) is 22.0. The number of likely N-dealkylation sites (tertiary alicyclic amines) is 1. The summed E-state index contributed by atoms with van der Waals surface area (Å²) in [5, 5.41) is 3.71. The number of rotatable bonds is 7. The third kappa shape index (κ3) is 5.10. The summed E-state index contributed by atoms with van der Waals surface area (Å²) in [5.74, 6) is 1.49. The van der Waals surface area contributed by atoms with E-state index in [1.54, 1.807) is 21.8 Å². The maximum atomic E-state index is 13.2. The van der Waals surface area contributed by atoms with Gasteiger partial charge in [-0.1, -0.05) is 24.3 Å². The van der Waals surface area contributed by atoms with Crippen LogP contribution in [0.1, 0.15) is 19.8 Å². The van der Waals surface area contributed by atoms with E-state index in [-0.39, 0.29) is 11.7 Å². The Morgan fingerprint density at radius 3 is 2.62 bits per heavy atom. The first-order valence-electron chi connectivity index (χ1n) is 13.2. The van der Waals surface area contributed by atoms with Crippen LogP contribution in [0.25, 0.3) is 28.0 Å². The van der Waals surface area contributed by atoms with Crippen LogP contribution in [0.2, 0.25) is 0 Å². The molecular formula is C29H30N8O2. The van der Waals surface area contributed by atoms with Gasteiger partial charge >= 0.3 is 0 Å². The average Bonchev–Trinajstić information content (AvgIpc) is 3.25. The topological polar surface area (TPSA) is 103 Å². The van der Waals surface area contributed by atoms with Crippen LogP contribution in [-0.2, 0) is 6.54 Å². The number of pyridine rings is 2. The van der Waals surface area contributed by atoms with Gasteiger partial charge in [-0.3, -0.25) is 9.78 Å². The van der Waals surface area contributed by atoms with Crippen molar-refractivity contribution in [3.05, 3.63) is 83.5 Å². The molecule has 1 saturated heterocycles. The lowest BCUT2D eigenvalue weighted by molar-refractivity contribution is 0.110. The standard InChI is InChI=1S/C29H30N8O2/c1-3-36-28(38)24-19-31-29(32-22-9-4-7-20(17-22)21-8-6-14-30-18-21)34-27(24)37(36)25-10-5-11-26(33-25)39-23-12-15-35(2)16-13-23/h4-11,14,17-19,23H,3,12-13,15-16H2,1-2H3,(H,31,32,34). The number of fused-ring (bicyclic) bond motifs is 1. The summed E-state index contributed by atoms with van der Waals surface area (Å²) < 4.78 is 9.59. The van der Waals surface area contributed by atoms with Crippen LogP contribution in [0, 0.1) is 0 Å². The number of piperidine rings is 1. The molecule has 0 atom stereocenters. The van der Waals surface area contributed by atoms with E-state index in [1.165, 1.54) is 0 Å². The molecule has 0 spiro atoms. The van der Waals surface area contributed by atoms with Crippen molar-refractivity contribution in [1.29, 1.82) is 0 Å². The Kier molecular flexibility index (Phi) is 6.76. The SMILES string of the molecule is CCn1c(=O)c2cnc(Nc3cccc(-c4cccnc4)c3)nc2n1-c1cccc(OC2CCN(C)CC2)n1. The number of ether oxygens (including phenoxy) is 1. The predicted octanol–water partition coefficient (Wildman–Crippen LogP) is 4.28. The molecule has 1 aliphatic heterocycles. The van der Waals surface area contributed by atoms with Gasteiger partial charge in [-0.05, 0) is 56.6 Å². The molecule has 0 aliphatic carbocycles. The zero-order chi connectivity index (χ0) is 26.8. The molecule has 5 heterocycles. The summed E-state index contributed by atoms with van der Waals surface area (Å²) in [4.78, 5) is 33.7. The lowest BCUT2D eigenvalue weighted by Crippen LogP contribution is -2.35. The molecule has 4 aromatic heterocycles. The van der Waals surface area contributed by atoms with Gasteiger partial charge in [0.25, 0.3) is 5.56 Å². The summed E-state index contributed by atoms with van der Waals surface area (Å²) in [7, 11) is 2.12. The highest BCUT2D eigenvalue weighted by atomic mass is 16.5. The summed E-state index contributed by atoms with van der Waals surface area (Å²) in [5.41, 5.74) is 3.17. The van der Waals surface area contributed by atoms with E-state index in [2.05, 4.69) is 27.2 Å². The molecule has 198 valence electrons. The molecular weight excluding hydrogens is 492 g/mol. The molecule has 1 fully saturated rings. The molecule has 39 heavy (non-hydrogen) atoms. The fourth-order valence-corrected chi connectivity index (χ4v) is 4.91. The van der Waals surface area contributed by atoms with E-state index in [1.807, 2.05) is 67.7 Å². The van der Waals surface area contributed by atoms with Gasteiger partial charge in [0.05, 0.1) is 0 Å². The number of anilines is 2. The average molecular weight is 523 g/mol. The van der Waals surface area contributed by atoms with E-state index < -0.39 is 0 Å². The number of nitrogens with one attached hydrogen (secondary N) is 1. The Morgan fingerprint density at radius 1 is 1.00 bits per heavy atom. The van der Waals surface area contributed by atoms with Crippen LogP contribution < -0.4 is 15.6 Å². The van der Waals surface area contributed by atoms with Gasteiger partial charge in [0.1, 0.15) is 11.5 Å². The summed E-state index contributed by atoms with van der Waals surface area (Å²) in [6, 6.07) is 17.5. The molecule has 0 saturated carbocycles. The van der Waals surface area contributed by atoms with Crippen LogP contribution >= 0.6 is 0 Å². The van der Waals surface area contributed by atoms with Crippen LogP contribution in [0.5, 0.6) is 5.88 Å². The van der Waals surface area contributed by atoms with Crippen LogP contribution in [0.15, 0.2) is 78.0 Å². The van der Waals surface area contributed by atoms with E-state index in [9.17, 15) is 4.79 Å². The molecule has 0 radical (unpaired) electrons. The number of aromatic nitrogens is 6. The fraction of sp³-hybridized carbons (Fsp3) is 0.276. The van der Waals surface area contributed by atoms with Crippen molar-refractivity contribution in [3.63, 3.8) is 0 Å². The number of hydrogen-bond donors (Lipinski definition) is 1. The lowest BCUT2D eigenvalue weighted by Gasteiger charge is -2.29. The minimum Gasteiger partial charge on any atom is -0.474 e. The number of benzene rings is 1. The second kappa shape index (κ2) is 10.7. The largest absolute Gasteiger partial charge is 0.474 e. The maximum absolute atomic E-state index is 13.2. The van der Waals surface area contributed by atoms with Gasteiger partial charge in [0.15, 0.2) is 11.5 Å². The Hall–Kier alpha value is -4.57. The van der Waals surface area contributed by atoms with Crippen molar-refractivity contribution >= 4 is 22.7 Å². The summed E-state index contributed by atoms with van der Waals surface area (Å²) in [6.07, 6.45) is 7.18. The number of hydrogen-bond acceptors (Lipinski definition) is 8. The Balaban J connectivity index is 1.34. The normalized spacial score (nSPS) is 14.5. The Bertz CT molecular complexity index is 1660. The van der Waals surface area contributed by atoms with Crippen LogP contribution in [0.4, 0.5) is 11.6 Å². The molecule has 1 aromatic carbocycles. The quantitative estimate of drug-likeness (QED) is 0.338. The smallest absolute Gasteiger partial charge is 0.278 e. The second-order valence-corrected chi connectivity index (χ2v) is 9.67. The minimum absolute atomic E-state index is 0.124. The molecule has 5 aromatic rings. The van der Waals surface area contributed by atoms with Crippen LogP contribution in [0.3, 0.4) is 0 Å². The molecule has 0 bridgehead atoms. The van der Waals surface area contributed by atoms with Crippen LogP contribution in [-0.4, -0.2) is 60.4 Å². The van der Waals surface area contributed by atoms with Crippen molar-refractivity contribution in [2.24, 2.45) is 0 Å². The molecule has 6 rings (SSSR count). The van der Waals surface area contributed by atoms with Gasteiger partial charge in [-0.2, -0.15) is 9.97 Å². The molecule has 10 nitrogen and oxygen atoms in total. The predicted molar refractivity (Wildman–Crippen MR) is 151 cm³/mol. The van der Waals surface area contributed by atoms with E-state index >= 15 is 0 Å². The highest BCUT2D eigenvalue weighted by molar-refractivity contribution is 5.77. The monoisotopic (exact) mass is 522 g/mol. The molecule has 1 N–H and O–H groups in total. The van der Waals surface area contributed by atoms with Crippen molar-refractivity contribution in [2.75, 3.05) is 25.5 Å². The van der Waals surface area contributed by atoms with E-state index in [4.69, 9.17) is 14.7 Å². The Morgan fingerprint density at radius 2 is 1.82 bits per heavy atom. The first kappa shape index (κ1) is 24.7. The van der Waals surface area contributed by atoms with Crippen molar-refractivity contribution in [1.82, 2.24) is 34.2 Å². The second-order valence-electron chi connectivity index (χ2n) is 9.67. The van der Waals surface area contributed by atoms with Crippen molar-refractivity contribution in [3.8, 4) is 22.8 Å². The maximum Gasteiger partial charge on any atom is 0.278 e. The van der Waals surface area contributed by atoms with Gasteiger partial charge < -0.3 is 15.0 Å². The highest BCUT2D eigenvalue weighted by Gasteiger charge is 2.21. The summed E-state index contributed by atoms with van der Waals surface area (Å²) in [6.45, 7) is 4.37. The van der Waals surface area contributed by atoms with Crippen molar-refractivity contribution < 1.29 is 4.74 Å². The van der Waals surface area contributed by atoms with Gasteiger partial charge in [-0.25, -0.2) is 14.3 Å². The molecule has 0 unspecified atom stereocenters. The molecule has 1 aliphatic rings.